The molecule has 0 atom stereocenters. The highest BCUT2D eigenvalue weighted by molar-refractivity contribution is 5.84. The number of nitrogens with one attached hydrogen (secondary N) is 1. The first-order chi connectivity index (χ1) is 11.7. The summed E-state index contributed by atoms with van der Waals surface area (Å²) < 4.78 is 21.3. The second kappa shape index (κ2) is 5.81. The molecule has 1 N–H and O–H groups in total. The monoisotopic (exact) mass is 325 g/mol. The van der Waals surface area contributed by atoms with Gasteiger partial charge >= 0.3 is 5.63 Å². The van der Waals surface area contributed by atoms with E-state index in [9.17, 15) is 4.79 Å². The molecular formula is C18H15NO5. The molecule has 4 rings (SSSR count). The first-order valence-corrected chi connectivity index (χ1v) is 7.48. The van der Waals surface area contributed by atoms with E-state index < -0.39 is 5.63 Å². The summed E-state index contributed by atoms with van der Waals surface area (Å²) in [5.74, 6) is 1.97. The third-order valence-corrected chi connectivity index (χ3v) is 3.90. The lowest BCUT2D eigenvalue weighted by Gasteiger charge is -2.12. The Morgan fingerprint density at radius 3 is 2.75 bits per heavy atom. The highest BCUT2D eigenvalue weighted by Gasteiger charge is 2.17. The smallest absolute Gasteiger partial charge is 0.336 e. The molecule has 1 aliphatic rings. The fraction of sp³-hybridized carbons (Fsp3) is 0.167. The summed E-state index contributed by atoms with van der Waals surface area (Å²) in [4.78, 5) is 11.8. The number of fused-ring (bicyclic) bond motifs is 2. The summed E-state index contributed by atoms with van der Waals surface area (Å²) in [7, 11) is 1.62. The van der Waals surface area contributed by atoms with Crippen LogP contribution in [0.25, 0.3) is 11.0 Å². The van der Waals surface area contributed by atoms with Gasteiger partial charge in [-0.2, -0.15) is 0 Å². The minimum absolute atomic E-state index is 0.171. The van der Waals surface area contributed by atoms with Crippen LogP contribution in [0.2, 0.25) is 0 Å². The number of para-hydroxylation sites is 2. The van der Waals surface area contributed by atoms with Gasteiger partial charge in [0.05, 0.1) is 12.8 Å². The van der Waals surface area contributed by atoms with Crippen LogP contribution in [0.5, 0.6) is 17.2 Å². The molecule has 0 saturated heterocycles. The average Bonchev–Trinajstić information content (AvgIpc) is 3.05. The van der Waals surface area contributed by atoms with Gasteiger partial charge in [-0.1, -0.05) is 12.1 Å². The van der Waals surface area contributed by atoms with Crippen LogP contribution >= 0.6 is 0 Å². The minimum atomic E-state index is -0.404. The number of hydrogen-bond acceptors (Lipinski definition) is 6. The van der Waals surface area contributed by atoms with Gasteiger partial charge in [0.1, 0.15) is 11.3 Å². The zero-order chi connectivity index (χ0) is 16.5. The molecule has 6 heteroatoms. The minimum Gasteiger partial charge on any atom is -0.495 e. The van der Waals surface area contributed by atoms with E-state index in [2.05, 4.69) is 5.32 Å². The third kappa shape index (κ3) is 2.52. The molecule has 0 radical (unpaired) electrons. The number of benzene rings is 2. The van der Waals surface area contributed by atoms with Gasteiger partial charge in [-0.15, -0.1) is 0 Å². The van der Waals surface area contributed by atoms with Crippen LogP contribution in [0.1, 0.15) is 5.56 Å². The van der Waals surface area contributed by atoms with Gasteiger partial charge in [-0.05, 0) is 23.8 Å². The molecule has 1 aliphatic heterocycles. The van der Waals surface area contributed by atoms with E-state index >= 15 is 0 Å². The van der Waals surface area contributed by atoms with Crippen LogP contribution in [0.15, 0.2) is 51.7 Å². The van der Waals surface area contributed by atoms with E-state index in [-0.39, 0.29) is 6.79 Å². The fourth-order valence-electron chi connectivity index (χ4n) is 2.74. The van der Waals surface area contributed by atoms with Crippen molar-refractivity contribution < 1.29 is 18.6 Å². The first-order valence-electron chi connectivity index (χ1n) is 7.48. The van der Waals surface area contributed by atoms with Gasteiger partial charge in [0.25, 0.3) is 0 Å². The Hall–Kier alpha value is -3.15. The Labute approximate surface area is 137 Å². The van der Waals surface area contributed by atoms with Crippen LogP contribution in [0.4, 0.5) is 5.69 Å². The largest absolute Gasteiger partial charge is 0.495 e. The average molecular weight is 325 g/mol. The summed E-state index contributed by atoms with van der Waals surface area (Å²) in [6.07, 6.45) is 0. The number of hydrogen-bond donors (Lipinski definition) is 1. The molecule has 0 unspecified atom stereocenters. The van der Waals surface area contributed by atoms with Crippen LogP contribution in [-0.4, -0.2) is 13.9 Å². The predicted molar refractivity (Wildman–Crippen MR) is 88.9 cm³/mol. The van der Waals surface area contributed by atoms with E-state index in [1.54, 1.807) is 13.2 Å². The Kier molecular flexibility index (Phi) is 3.49. The topological polar surface area (TPSA) is 69.9 Å². The zero-order valence-electron chi connectivity index (χ0n) is 13.0. The van der Waals surface area contributed by atoms with Gasteiger partial charge in [0, 0.05) is 24.1 Å². The number of rotatable bonds is 4. The van der Waals surface area contributed by atoms with E-state index in [0.717, 1.165) is 22.4 Å². The predicted octanol–water partition coefficient (Wildman–Crippen LogP) is 3.14. The molecule has 24 heavy (non-hydrogen) atoms. The first kappa shape index (κ1) is 14.4. The van der Waals surface area contributed by atoms with E-state index in [1.807, 2.05) is 30.3 Å². The Morgan fingerprint density at radius 1 is 1.12 bits per heavy atom. The molecule has 0 aliphatic carbocycles. The number of anilines is 1. The molecule has 0 saturated carbocycles. The maximum absolute atomic E-state index is 11.8. The van der Waals surface area contributed by atoms with Crippen molar-refractivity contribution in [1.82, 2.24) is 0 Å². The third-order valence-electron chi connectivity index (χ3n) is 3.90. The Bertz CT molecular complexity index is 963. The van der Waals surface area contributed by atoms with Crippen LogP contribution < -0.4 is 25.2 Å². The maximum atomic E-state index is 11.8. The van der Waals surface area contributed by atoms with Gasteiger partial charge in [-0.25, -0.2) is 4.79 Å². The maximum Gasteiger partial charge on any atom is 0.336 e. The lowest BCUT2D eigenvalue weighted by Crippen LogP contribution is -2.06. The molecule has 0 spiro atoms. The molecule has 0 amide bonds. The lowest BCUT2D eigenvalue weighted by molar-refractivity contribution is 0.174. The van der Waals surface area contributed by atoms with Crippen molar-refractivity contribution >= 4 is 16.7 Å². The molecular weight excluding hydrogens is 310 g/mol. The van der Waals surface area contributed by atoms with E-state index in [1.165, 1.54) is 6.07 Å². The van der Waals surface area contributed by atoms with Gasteiger partial charge in [0.15, 0.2) is 11.5 Å². The van der Waals surface area contributed by atoms with Crippen LogP contribution in [0.3, 0.4) is 0 Å². The van der Waals surface area contributed by atoms with Crippen molar-refractivity contribution in [3.8, 4) is 17.2 Å². The summed E-state index contributed by atoms with van der Waals surface area (Å²) in [6.45, 7) is 0.618. The lowest BCUT2D eigenvalue weighted by atomic mass is 10.1. The number of ether oxygens (including phenoxy) is 3. The van der Waals surface area contributed by atoms with Gasteiger partial charge in [0.2, 0.25) is 6.79 Å². The van der Waals surface area contributed by atoms with Gasteiger partial charge in [-0.3, -0.25) is 0 Å². The summed E-state index contributed by atoms with van der Waals surface area (Å²) >= 11 is 0. The van der Waals surface area contributed by atoms with Crippen molar-refractivity contribution in [1.29, 1.82) is 0 Å². The second-order valence-electron chi connectivity index (χ2n) is 5.35. The van der Waals surface area contributed by atoms with Crippen molar-refractivity contribution in [3.05, 3.63) is 58.4 Å². The molecule has 6 nitrogen and oxygen atoms in total. The zero-order valence-corrected chi connectivity index (χ0v) is 13.0. The standard InChI is InChI=1S/C18H15NO5/c1-21-14-5-3-2-4-13(14)19-9-11-6-18(20)24-15-8-17-16(7-12(11)15)22-10-23-17/h2-8,19H,9-10H2,1H3. The molecule has 1 aromatic heterocycles. The Morgan fingerprint density at radius 2 is 1.92 bits per heavy atom. The molecule has 0 bridgehead atoms. The summed E-state index contributed by atoms with van der Waals surface area (Å²) in [6, 6.07) is 12.6. The van der Waals surface area contributed by atoms with Crippen molar-refractivity contribution in [2.24, 2.45) is 0 Å². The van der Waals surface area contributed by atoms with E-state index in [4.69, 9.17) is 18.6 Å². The summed E-state index contributed by atoms with van der Waals surface area (Å²) in [5.41, 5.74) is 1.73. The molecule has 2 aromatic carbocycles. The highest BCUT2D eigenvalue weighted by atomic mass is 16.7. The molecule has 2 heterocycles. The molecule has 0 fully saturated rings. The van der Waals surface area contributed by atoms with Crippen molar-refractivity contribution in [2.75, 3.05) is 19.2 Å². The van der Waals surface area contributed by atoms with E-state index in [0.29, 0.717) is 23.6 Å². The summed E-state index contributed by atoms with van der Waals surface area (Å²) in [5, 5.41) is 4.10. The normalized spacial score (nSPS) is 12.4. The van der Waals surface area contributed by atoms with Gasteiger partial charge < -0.3 is 23.9 Å². The second-order valence-corrected chi connectivity index (χ2v) is 5.35. The molecule has 122 valence electrons. The van der Waals surface area contributed by atoms with Crippen molar-refractivity contribution in [2.45, 2.75) is 6.54 Å². The SMILES string of the molecule is COc1ccccc1NCc1cc(=O)oc2cc3c(cc12)OCO3. The quantitative estimate of drug-likeness (QED) is 0.743. The number of methoxy groups -OCH3 is 1. The molecule has 3 aromatic rings. The van der Waals surface area contributed by atoms with Crippen molar-refractivity contribution in [3.63, 3.8) is 0 Å². The van der Waals surface area contributed by atoms with Crippen LogP contribution in [-0.2, 0) is 6.54 Å². The van der Waals surface area contributed by atoms with Crippen LogP contribution in [0, 0.1) is 0 Å². The highest BCUT2D eigenvalue weighted by Crippen LogP contribution is 2.37. The fourth-order valence-corrected chi connectivity index (χ4v) is 2.74. The Balaban J connectivity index is 1.72.